The summed E-state index contributed by atoms with van der Waals surface area (Å²) in [5.41, 5.74) is 1.49. The minimum Gasteiger partial charge on any atom is -0.497 e. The Morgan fingerprint density at radius 1 is 1.10 bits per heavy atom. The van der Waals surface area contributed by atoms with E-state index in [1.807, 2.05) is 6.07 Å². The minimum absolute atomic E-state index is 0.0753. The van der Waals surface area contributed by atoms with Gasteiger partial charge >= 0.3 is 6.09 Å². The van der Waals surface area contributed by atoms with E-state index in [2.05, 4.69) is 41.4 Å². The quantitative estimate of drug-likeness (QED) is 0.749. The summed E-state index contributed by atoms with van der Waals surface area (Å²) in [6, 6.07) is 8.79. The number of aromatic nitrogens is 2. The van der Waals surface area contributed by atoms with Crippen LogP contribution in [-0.4, -0.2) is 60.7 Å². The van der Waals surface area contributed by atoms with Crippen LogP contribution in [-0.2, 0) is 19.6 Å². The Hall–Kier alpha value is -2.91. The Kier molecular flexibility index (Phi) is 5.97. The van der Waals surface area contributed by atoms with Gasteiger partial charge in [0.25, 0.3) is 0 Å². The van der Waals surface area contributed by atoms with Crippen LogP contribution in [0, 0.1) is 0 Å². The number of rotatable bonds is 5. The fourth-order valence-corrected chi connectivity index (χ4v) is 3.66. The zero-order chi connectivity index (χ0) is 22.0. The van der Waals surface area contributed by atoms with Crippen LogP contribution < -0.4 is 15.4 Å². The summed E-state index contributed by atoms with van der Waals surface area (Å²) in [5.74, 6) is 1.24. The second-order valence-corrected chi connectivity index (χ2v) is 8.66. The number of hydrogen-bond donors (Lipinski definition) is 2. The highest BCUT2D eigenvalue weighted by molar-refractivity contribution is 5.84. The van der Waals surface area contributed by atoms with Crippen molar-refractivity contribution >= 4 is 17.7 Å². The molecule has 1 aromatic heterocycles. The fraction of sp³-hybridized carbons (Fsp3) is 0.500. The van der Waals surface area contributed by atoms with Crippen LogP contribution in [0.2, 0.25) is 0 Å². The molecule has 166 valence electrons. The van der Waals surface area contributed by atoms with Crippen LogP contribution in [0.3, 0.4) is 0 Å². The first kappa shape index (κ1) is 21.3. The Bertz CT molecular complexity index is 915. The lowest BCUT2D eigenvalue weighted by atomic mass is 9.92. The second-order valence-electron chi connectivity index (χ2n) is 8.66. The van der Waals surface area contributed by atoms with E-state index in [4.69, 9.17) is 18.9 Å². The zero-order valence-electron chi connectivity index (χ0n) is 18.1. The topological polar surface area (TPSA) is 104 Å². The number of carbonyl (C=O) groups is 1. The van der Waals surface area contributed by atoms with Crippen molar-refractivity contribution < 1.29 is 23.7 Å². The van der Waals surface area contributed by atoms with Crippen molar-refractivity contribution in [3.63, 3.8) is 0 Å². The molecule has 0 saturated carbocycles. The molecule has 2 aromatic rings. The van der Waals surface area contributed by atoms with Crippen LogP contribution in [0.1, 0.15) is 26.5 Å². The molecule has 9 nitrogen and oxygen atoms in total. The van der Waals surface area contributed by atoms with E-state index >= 15 is 0 Å². The van der Waals surface area contributed by atoms with Crippen molar-refractivity contribution in [2.45, 2.75) is 50.5 Å². The Morgan fingerprint density at radius 2 is 1.84 bits per heavy atom. The number of nitrogens with one attached hydrogen (secondary N) is 2. The lowest BCUT2D eigenvalue weighted by Gasteiger charge is -2.20. The van der Waals surface area contributed by atoms with E-state index in [9.17, 15) is 4.79 Å². The second kappa shape index (κ2) is 8.68. The summed E-state index contributed by atoms with van der Waals surface area (Å²) in [7, 11) is 1.59. The van der Waals surface area contributed by atoms with Gasteiger partial charge in [0.15, 0.2) is 6.10 Å². The van der Waals surface area contributed by atoms with Crippen LogP contribution in [0.25, 0.3) is 0 Å². The Balaban J connectivity index is 1.33. The largest absolute Gasteiger partial charge is 0.497 e. The number of fused-ring (bicyclic) bond motifs is 1. The van der Waals surface area contributed by atoms with Crippen molar-refractivity contribution in [3.05, 3.63) is 42.2 Å². The molecule has 31 heavy (non-hydrogen) atoms. The van der Waals surface area contributed by atoms with E-state index in [0.717, 1.165) is 5.69 Å². The van der Waals surface area contributed by atoms with Crippen molar-refractivity contribution in [2.75, 3.05) is 31.0 Å². The molecule has 0 spiro atoms. The molecule has 4 rings (SSSR count). The Labute approximate surface area is 181 Å². The Morgan fingerprint density at radius 3 is 2.55 bits per heavy atom. The number of ether oxygens (including phenoxy) is 4. The smallest absolute Gasteiger partial charge is 0.412 e. The summed E-state index contributed by atoms with van der Waals surface area (Å²) in [6.07, 6.45) is 0.108. The first-order valence-corrected chi connectivity index (χ1v) is 10.3. The van der Waals surface area contributed by atoms with Crippen LogP contribution in [0.4, 0.5) is 16.4 Å². The molecular weight excluding hydrogens is 400 g/mol. The maximum absolute atomic E-state index is 12.3. The van der Waals surface area contributed by atoms with Gasteiger partial charge in [-0.05, 0) is 30.3 Å². The highest BCUT2D eigenvalue weighted by Gasteiger charge is 2.49. The van der Waals surface area contributed by atoms with Crippen LogP contribution in [0.5, 0.6) is 5.75 Å². The molecule has 9 heteroatoms. The normalized spacial score (nSPS) is 25.0. The number of anilines is 2. The third-order valence-corrected chi connectivity index (χ3v) is 5.34. The van der Waals surface area contributed by atoms with Crippen molar-refractivity contribution in [1.29, 1.82) is 0 Å². The molecule has 3 heterocycles. The average molecular weight is 428 g/mol. The van der Waals surface area contributed by atoms with E-state index in [1.54, 1.807) is 37.6 Å². The maximum atomic E-state index is 12.3. The van der Waals surface area contributed by atoms with Crippen molar-refractivity contribution in [3.8, 4) is 5.75 Å². The predicted octanol–water partition coefficient (Wildman–Crippen LogP) is 2.98. The summed E-state index contributed by atoms with van der Waals surface area (Å²) in [5, 5.41) is 6.02. The van der Waals surface area contributed by atoms with Gasteiger partial charge in [-0.3, -0.25) is 5.32 Å². The first-order chi connectivity index (χ1) is 14.8. The van der Waals surface area contributed by atoms with Gasteiger partial charge in [-0.1, -0.05) is 20.8 Å². The number of carbonyl (C=O) groups excluding carboxylic acids is 1. The number of benzene rings is 1. The molecule has 0 bridgehead atoms. The fourth-order valence-electron chi connectivity index (χ4n) is 3.66. The van der Waals surface area contributed by atoms with Crippen molar-refractivity contribution in [2.24, 2.45) is 0 Å². The monoisotopic (exact) mass is 428 g/mol. The number of nitrogens with zero attached hydrogens (tertiary/aromatic N) is 2. The minimum atomic E-state index is -0.555. The summed E-state index contributed by atoms with van der Waals surface area (Å²) in [4.78, 5) is 21.2. The SMILES string of the molecule is COc1ccc(NC(=O)O[C@@H]2CO[C@H]3[C@@H]2OC[C@@H]3Nc2nccc(C(C)(C)C)n2)cc1. The highest BCUT2D eigenvalue weighted by Crippen LogP contribution is 2.31. The molecule has 0 radical (unpaired) electrons. The third-order valence-electron chi connectivity index (χ3n) is 5.34. The van der Waals surface area contributed by atoms with Gasteiger partial charge in [-0.15, -0.1) is 0 Å². The molecule has 2 aliphatic rings. The molecule has 0 unspecified atom stereocenters. The molecule has 1 amide bonds. The summed E-state index contributed by atoms with van der Waals surface area (Å²) >= 11 is 0. The molecular formula is C22H28N4O5. The van der Waals surface area contributed by atoms with Gasteiger partial charge in [-0.25, -0.2) is 14.8 Å². The predicted molar refractivity (Wildman–Crippen MR) is 115 cm³/mol. The molecule has 0 aliphatic carbocycles. The lowest BCUT2D eigenvalue weighted by molar-refractivity contribution is 0.00916. The summed E-state index contributed by atoms with van der Waals surface area (Å²) in [6.45, 7) is 7.00. The van der Waals surface area contributed by atoms with Gasteiger partial charge in [0.2, 0.25) is 5.95 Å². The van der Waals surface area contributed by atoms with E-state index in [1.165, 1.54) is 0 Å². The van der Waals surface area contributed by atoms with E-state index < -0.39 is 12.2 Å². The zero-order valence-corrected chi connectivity index (χ0v) is 18.1. The molecule has 2 fully saturated rings. The van der Waals surface area contributed by atoms with Crippen molar-refractivity contribution in [1.82, 2.24) is 9.97 Å². The first-order valence-electron chi connectivity index (χ1n) is 10.3. The van der Waals surface area contributed by atoms with E-state index in [0.29, 0.717) is 24.0 Å². The maximum Gasteiger partial charge on any atom is 0.412 e. The van der Waals surface area contributed by atoms with Crippen LogP contribution in [0.15, 0.2) is 36.5 Å². The molecule has 1 aromatic carbocycles. The van der Waals surface area contributed by atoms with Gasteiger partial charge in [0.05, 0.1) is 32.1 Å². The molecule has 2 N–H and O–H groups in total. The lowest BCUT2D eigenvalue weighted by Crippen LogP contribution is -2.38. The molecule has 2 aliphatic heterocycles. The number of methoxy groups -OCH3 is 1. The highest BCUT2D eigenvalue weighted by atomic mass is 16.6. The van der Waals surface area contributed by atoms with Gasteiger partial charge in [0.1, 0.15) is 18.0 Å². The van der Waals surface area contributed by atoms with Crippen LogP contribution >= 0.6 is 0 Å². The molecule has 2 saturated heterocycles. The molecule has 4 atom stereocenters. The van der Waals surface area contributed by atoms with Gasteiger partial charge in [0, 0.05) is 17.3 Å². The number of amides is 1. The van der Waals surface area contributed by atoms with Gasteiger partial charge < -0.3 is 24.3 Å². The summed E-state index contributed by atoms with van der Waals surface area (Å²) < 4.78 is 22.4. The average Bonchev–Trinajstić information content (AvgIpc) is 3.32. The number of hydrogen-bond acceptors (Lipinski definition) is 8. The van der Waals surface area contributed by atoms with E-state index in [-0.39, 0.29) is 30.3 Å². The standard InChI is InChI=1S/C22H28N4O5/c1-22(2,3)17-9-10-23-20(26-17)25-15-11-29-19-16(12-30-18(15)19)31-21(27)24-13-5-7-14(28-4)8-6-13/h5-10,15-16,18-19H,11-12H2,1-4H3,(H,24,27)(H,23,25,26)/t15-,16+,18+,19+/m0/s1. The van der Waals surface area contributed by atoms with Gasteiger partial charge in [-0.2, -0.15) is 0 Å². The third kappa shape index (κ3) is 4.88.